The molecule has 1 aromatic carbocycles. The van der Waals surface area contributed by atoms with Crippen LogP contribution in [0.3, 0.4) is 0 Å². The number of aromatic nitrogens is 4. The molecular formula is C25H31N8O8P. The summed E-state index contributed by atoms with van der Waals surface area (Å²) >= 11 is 0. The fourth-order valence-corrected chi connectivity index (χ4v) is 5.69. The van der Waals surface area contributed by atoms with Gasteiger partial charge in [0, 0.05) is 12.8 Å². The number of Topliss-reactive ketones (excluding diaryl/α,β-unsaturated/α-hetero) is 1. The maximum atomic E-state index is 14.0. The van der Waals surface area contributed by atoms with E-state index in [1.165, 1.54) is 24.8 Å². The van der Waals surface area contributed by atoms with Gasteiger partial charge in [-0.3, -0.25) is 18.7 Å². The van der Waals surface area contributed by atoms with E-state index in [0.717, 1.165) is 0 Å². The van der Waals surface area contributed by atoms with Crippen LogP contribution in [0.4, 0.5) is 5.82 Å². The predicted molar refractivity (Wildman–Crippen MR) is 147 cm³/mol. The van der Waals surface area contributed by atoms with Crippen molar-refractivity contribution in [2.75, 3.05) is 12.3 Å². The Hall–Kier alpha value is -4.04. The van der Waals surface area contributed by atoms with Crippen molar-refractivity contribution in [3.05, 3.63) is 48.5 Å². The SMILES string of the molecule is CC(C)OC(=O)[C@H](CCC(=O)C=[N+]=[N-])NP(=O)(OC[C@H]1O[C@@H](n2cnc3c(N)ncnc32)CC1O)Oc1ccccc1. The summed E-state index contributed by atoms with van der Waals surface area (Å²) in [5, 5.41) is 13.3. The Morgan fingerprint density at radius 2 is 2.07 bits per heavy atom. The van der Waals surface area contributed by atoms with Crippen molar-refractivity contribution in [3.63, 3.8) is 0 Å². The van der Waals surface area contributed by atoms with Gasteiger partial charge in [0.05, 0.1) is 25.1 Å². The van der Waals surface area contributed by atoms with Gasteiger partial charge in [-0.05, 0) is 32.4 Å². The summed E-state index contributed by atoms with van der Waals surface area (Å²) in [7, 11) is -4.37. The summed E-state index contributed by atoms with van der Waals surface area (Å²) in [5.41, 5.74) is 15.3. The smallest absolute Gasteiger partial charge is 0.459 e. The largest absolute Gasteiger partial charge is 0.462 e. The first-order chi connectivity index (χ1) is 20.1. The monoisotopic (exact) mass is 602 g/mol. The molecule has 1 aliphatic rings. The van der Waals surface area contributed by atoms with E-state index in [1.807, 2.05) is 0 Å². The van der Waals surface area contributed by atoms with Crippen molar-refractivity contribution < 1.29 is 42.6 Å². The van der Waals surface area contributed by atoms with Crippen molar-refractivity contribution in [1.29, 1.82) is 0 Å². The normalized spacial score (nSPS) is 20.5. The van der Waals surface area contributed by atoms with E-state index in [-0.39, 0.29) is 30.8 Å². The van der Waals surface area contributed by atoms with Gasteiger partial charge in [0.1, 0.15) is 36.0 Å². The molecule has 17 heteroatoms. The topological polar surface area (TPSA) is 226 Å². The minimum Gasteiger partial charge on any atom is -0.462 e. The number of aliphatic hydroxyl groups is 1. The molecule has 4 rings (SSSR count). The van der Waals surface area contributed by atoms with Gasteiger partial charge in [-0.25, -0.2) is 19.5 Å². The number of nitrogen functional groups attached to an aromatic ring is 1. The van der Waals surface area contributed by atoms with Gasteiger partial charge in [0.15, 0.2) is 11.5 Å². The van der Waals surface area contributed by atoms with Crippen LogP contribution >= 0.6 is 7.75 Å². The highest BCUT2D eigenvalue weighted by atomic mass is 31.2. The third-order valence-electron chi connectivity index (χ3n) is 6.11. The Morgan fingerprint density at radius 3 is 2.79 bits per heavy atom. The van der Waals surface area contributed by atoms with Crippen LogP contribution in [0.15, 0.2) is 43.0 Å². The average molecular weight is 603 g/mol. The molecule has 224 valence electrons. The molecule has 2 aromatic heterocycles. The third-order valence-corrected chi connectivity index (χ3v) is 7.68. The zero-order valence-corrected chi connectivity index (χ0v) is 23.7. The number of nitrogens with two attached hydrogens (primary N) is 1. The molecular weight excluding hydrogens is 571 g/mol. The second kappa shape index (κ2) is 13.7. The molecule has 1 aliphatic heterocycles. The number of aliphatic hydroxyl groups excluding tert-OH is 1. The van der Waals surface area contributed by atoms with E-state index in [0.29, 0.717) is 17.4 Å². The molecule has 42 heavy (non-hydrogen) atoms. The lowest BCUT2D eigenvalue weighted by Gasteiger charge is -2.26. The number of rotatable bonds is 14. The van der Waals surface area contributed by atoms with Gasteiger partial charge < -0.3 is 30.4 Å². The van der Waals surface area contributed by atoms with Gasteiger partial charge in [-0.1, -0.05) is 18.2 Å². The first-order valence-corrected chi connectivity index (χ1v) is 14.6. The van der Waals surface area contributed by atoms with E-state index >= 15 is 0 Å². The van der Waals surface area contributed by atoms with Crippen LogP contribution in [0, 0.1) is 0 Å². The lowest BCUT2D eigenvalue weighted by Crippen LogP contribution is -2.40. The number of para-hydroxylation sites is 1. The summed E-state index contributed by atoms with van der Waals surface area (Å²) in [6, 6.07) is 6.80. The van der Waals surface area contributed by atoms with Crippen LogP contribution in [-0.4, -0.2) is 78.3 Å². The minimum absolute atomic E-state index is 0.137. The van der Waals surface area contributed by atoms with Crippen molar-refractivity contribution in [2.45, 2.75) is 63.7 Å². The number of carbonyl (C=O) groups is 2. The first kappa shape index (κ1) is 30.9. The molecule has 1 saturated heterocycles. The highest BCUT2D eigenvalue weighted by Crippen LogP contribution is 2.46. The Balaban J connectivity index is 1.52. The second-order valence-corrected chi connectivity index (χ2v) is 11.3. The zero-order valence-electron chi connectivity index (χ0n) is 22.8. The highest BCUT2D eigenvalue weighted by molar-refractivity contribution is 7.52. The molecule has 3 heterocycles. The number of carbonyl (C=O) groups excluding carboxylic acids is 2. The van der Waals surface area contributed by atoms with Gasteiger partial charge >= 0.3 is 19.9 Å². The molecule has 1 fully saturated rings. The Kier molecular flexibility index (Phi) is 10.1. The number of imidazole rings is 1. The number of ether oxygens (including phenoxy) is 2. The van der Waals surface area contributed by atoms with Crippen LogP contribution in [0.25, 0.3) is 16.7 Å². The summed E-state index contributed by atoms with van der Waals surface area (Å²) in [6.07, 6.45) is -0.0129. The van der Waals surface area contributed by atoms with Crippen molar-refractivity contribution in [3.8, 4) is 5.75 Å². The summed E-state index contributed by atoms with van der Waals surface area (Å²) in [6.45, 7) is 2.86. The number of hydrogen-bond acceptors (Lipinski definition) is 12. The number of nitrogens with one attached hydrogen (secondary N) is 1. The third kappa shape index (κ3) is 7.82. The van der Waals surface area contributed by atoms with Gasteiger partial charge in [0.25, 0.3) is 0 Å². The predicted octanol–water partition coefficient (Wildman–Crippen LogP) is 1.82. The molecule has 0 spiro atoms. The van der Waals surface area contributed by atoms with E-state index in [9.17, 15) is 19.3 Å². The fraction of sp³-hybridized carbons (Fsp3) is 0.440. The second-order valence-electron chi connectivity index (χ2n) is 9.63. The molecule has 2 unspecified atom stereocenters. The van der Waals surface area contributed by atoms with Crippen LogP contribution < -0.4 is 15.3 Å². The molecule has 4 N–H and O–H groups in total. The Morgan fingerprint density at radius 1 is 1.31 bits per heavy atom. The molecule has 0 aliphatic carbocycles. The minimum atomic E-state index is -4.37. The standard InChI is InChI=1S/C25H31N8O8P/c1-15(2)39-25(36)18(9-8-16(34)11-31-27)32-42(37,41-17-6-4-3-5-7-17)38-12-20-19(35)10-21(40-20)33-14-30-22-23(26)28-13-29-24(22)33/h3-7,11,13-15,18-21,35H,8-10,12H2,1-2H3,(H,32,37)(H2,26,28,29)/t18-,19?,20+,21+,42?/m0/s1. The van der Waals surface area contributed by atoms with Crippen molar-refractivity contribution >= 4 is 42.7 Å². The van der Waals surface area contributed by atoms with Crippen LogP contribution in [0.1, 0.15) is 39.3 Å². The molecule has 0 saturated carbocycles. The molecule has 0 bridgehead atoms. The van der Waals surface area contributed by atoms with Crippen LogP contribution in [0.5, 0.6) is 5.75 Å². The number of hydrogen-bond donors (Lipinski definition) is 3. The molecule has 0 radical (unpaired) electrons. The fourth-order valence-electron chi connectivity index (χ4n) is 4.15. The summed E-state index contributed by atoms with van der Waals surface area (Å²) < 4.78 is 38.3. The van der Waals surface area contributed by atoms with Gasteiger partial charge in [-0.2, -0.15) is 9.88 Å². The zero-order chi connectivity index (χ0) is 30.3. The number of esters is 1. The average Bonchev–Trinajstić information content (AvgIpc) is 3.54. The molecule has 5 atom stereocenters. The summed E-state index contributed by atoms with van der Waals surface area (Å²) in [5.74, 6) is -1.02. The first-order valence-electron chi connectivity index (χ1n) is 13.0. The van der Waals surface area contributed by atoms with Gasteiger partial charge in [-0.15, -0.1) is 0 Å². The van der Waals surface area contributed by atoms with E-state index in [2.05, 4.69) is 24.8 Å². The van der Waals surface area contributed by atoms with E-state index < -0.39 is 56.7 Å². The number of fused-ring (bicyclic) bond motifs is 1. The lowest BCUT2D eigenvalue weighted by atomic mass is 10.1. The molecule has 0 amide bonds. The quantitative estimate of drug-likeness (QED) is 0.0787. The van der Waals surface area contributed by atoms with E-state index in [1.54, 1.807) is 36.6 Å². The number of benzene rings is 1. The lowest BCUT2D eigenvalue weighted by molar-refractivity contribution is -0.149. The summed E-state index contributed by atoms with van der Waals surface area (Å²) in [4.78, 5) is 39.8. The highest BCUT2D eigenvalue weighted by Gasteiger charge is 2.40. The number of ketones is 1. The molecule has 3 aromatic rings. The number of anilines is 1. The Labute approximate surface area is 240 Å². The van der Waals surface area contributed by atoms with Crippen molar-refractivity contribution in [2.24, 2.45) is 0 Å². The molecule has 16 nitrogen and oxygen atoms in total. The Bertz CT molecular complexity index is 1500. The van der Waals surface area contributed by atoms with Crippen LogP contribution in [0.2, 0.25) is 0 Å². The maximum absolute atomic E-state index is 14.0. The number of nitrogens with zero attached hydrogens (tertiary/aromatic N) is 6. The van der Waals surface area contributed by atoms with E-state index in [4.69, 9.17) is 29.8 Å². The van der Waals surface area contributed by atoms with Gasteiger partial charge in [0.2, 0.25) is 5.78 Å². The van der Waals surface area contributed by atoms with Crippen molar-refractivity contribution in [1.82, 2.24) is 24.6 Å². The maximum Gasteiger partial charge on any atom is 0.459 e. The van der Waals surface area contributed by atoms with Crippen LogP contribution in [-0.2, 0) is 28.2 Å².